The fourth-order valence-electron chi connectivity index (χ4n) is 19.9. The topological polar surface area (TPSA) is 0 Å². The minimum absolute atomic E-state index is 0.205. The van der Waals surface area contributed by atoms with Crippen LogP contribution < -0.4 is 0 Å². The van der Waals surface area contributed by atoms with Gasteiger partial charge in [-0.3, -0.25) is 0 Å². The zero-order valence-corrected chi connectivity index (χ0v) is 30.7. The van der Waals surface area contributed by atoms with E-state index in [4.69, 9.17) is 0 Å². The van der Waals surface area contributed by atoms with Crippen molar-refractivity contribution in [2.45, 2.75) is 181 Å². The molecule has 16 aliphatic carbocycles. The quantitative estimate of drug-likeness (QED) is 0.231. The molecule has 45 heavy (non-hydrogen) atoms. The van der Waals surface area contributed by atoms with E-state index in [1.54, 1.807) is 173 Å². The summed E-state index contributed by atoms with van der Waals surface area (Å²) in [6.07, 6.45) is 45.9. The van der Waals surface area contributed by atoms with Gasteiger partial charge in [0.25, 0.3) is 0 Å². The normalized spacial score (nSPS) is 61.9. The maximum atomic E-state index is 1.77. The first-order valence-electron chi connectivity index (χ1n) is 21.5. The maximum absolute atomic E-state index is 1.77. The molecule has 16 rings (SSSR count). The first-order chi connectivity index (χ1) is 21.9. The van der Waals surface area contributed by atoms with Crippen molar-refractivity contribution in [2.24, 2.45) is 71.0 Å². The standard InChI is InChI=1S/C43H66P2/c1(2-44(40-16-28-4-29(17-40)6-30(5-28)18-40)41-19-31-7-32(20-41)9-33(8-31)21-41)3-45(42-22-34-10-35(23-42)12-36(11-34)24-42)43-25-37-13-38(26-43)15-39(14-37)27-43/h28-39H,1-27H2. The van der Waals surface area contributed by atoms with Crippen molar-refractivity contribution < 1.29 is 0 Å². The number of hydrogen-bond acceptors (Lipinski definition) is 0. The van der Waals surface area contributed by atoms with E-state index in [0.717, 1.165) is 91.6 Å². The van der Waals surface area contributed by atoms with Gasteiger partial charge in [0.05, 0.1) is 0 Å². The first-order valence-corrected chi connectivity index (χ1v) is 24.5. The Bertz CT molecular complexity index is 891. The van der Waals surface area contributed by atoms with Crippen LogP contribution in [0.3, 0.4) is 0 Å². The number of hydrogen-bond donors (Lipinski definition) is 0. The van der Waals surface area contributed by atoms with E-state index in [1.807, 2.05) is 0 Å². The molecule has 0 nitrogen and oxygen atoms in total. The van der Waals surface area contributed by atoms with Gasteiger partial charge in [-0.05, 0) is 264 Å². The van der Waals surface area contributed by atoms with Crippen molar-refractivity contribution in [3.05, 3.63) is 0 Å². The Labute approximate surface area is 279 Å². The fraction of sp³-hybridized carbons (Fsp3) is 1.00. The Hall–Kier alpha value is 0.860. The van der Waals surface area contributed by atoms with Crippen LogP contribution in [-0.2, 0) is 0 Å². The summed E-state index contributed by atoms with van der Waals surface area (Å²) in [5, 5.41) is 3.44. The molecular weight excluding hydrogens is 578 g/mol. The molecule has 0 unspecified atom stereocenters. The van der Waals surface area contributed by atoms with Crippen LogP contribution in [0.2, 0.25) is 0 Å². The van der Waals surface area contributed by atoms with E-state index in [-0.39, 0.29) is 15.8 Å². The summed E-state index contributed by atoms with van der Waals surface area (Å²) < 4.78 is 0. The average Bonchev–Trinajstić information content (AvgIpc) is 2.94. The van der Waals surface area contributed by atoms with E-state index in [2.05, 4.69) is 0 Å². The minimum Gasteiger partial charge on any atom is -0.0939 e. The largest absolute Gasteiger partial charge is 0.0939 e. The van der Waals surface area contributed by atoms with Crippen LogP contribution in [0.5, 0.6) is 0 Å². The van der Waals surface area contributed by atoms with Gasteiger partial charge in [0.2, 0.25) is 0 Å². The Morgan fingerprint density at radius 2 is 0.422 bits per heavy atom. The SMILES string of the molecule is C(CP(C12CC3CC(CC(C3)C1)C2)C12CC3CC(CC(C3)C1)C2)CP(C12CC3CC(CC(C3)C1)C2)C12CC3CC(CC(C3)C1)C2. The van der Waals surface area contributed by atoms with E-state index < -0.39 is 0 Å². The molecule has 16 bridgehead atoms. The lowest BCUT2D eigenvalue weighted by atomic mass is 9.55. The summed E-state index contributed by atoms with van der Waals surface area (Å²) >= 11 is 0. The second-order valence-corrected chi connectivity index (χ2v) is 28.6. The van der Waals surface area contributed by atoms with Crippen LogP contribution in [0.4, 0.5) is 0 Å². The summed E-state index contributed by atoms with van der Waals surface area (Å²) in [5.74, 6) is 13.9. The molecule has 248 valence electrons. The average molecular weight is 645 g/mol. The highest BCUT2D eigenvalue weighted by molar-refractivity contribution is 7.62. The maximum Gasteiger partial charge on any atom is -0.00815 e. The molecule has 0 aromatic heterocycles. The Morgan fingerprint density at radius 1 is 0.267 bits per heavy atom. The van der Waals surface area contributed by atoms with Crippen molar-refractivity contribution in [2.75, 3.05) is 12.3 Å². The molecule has 0 aromatic rings. The lowest BCUT2D eigenvalue weighted by Gasteiger charge is -2.68. The smallest absolute Gasteiger partial charge is 0.00815 e. The highest BCUT2D eigenvalue weighted by atomic mass is 31.1. The summed E-state index contributed by atoms with van der Waals surface area (Å²) in [6.45, 7) is 0. The highest BCUT2D eigenvalue weighted by Gasteiger charge is 2.64. The lowest BCUT2D eigenvalue weighted by molar-refractivity contribution is 0.0183. The molecule has 16 saturated carbocycles. The highest BCUT2D eigenvalue weighted by Crippen LogP contribution is 2.81. The van der Waals surface area contributed by atoms with Gasteiger partial charge in [0.15, 0.2) is 0 Å². The van der Waals surface area contributed by atoms with Crippen molar-refractivity contribution in [1.82, 2.24) is 0 Å². The van der Waals surface area contributed by atoms with Crippen molar-refractivity contribution >= 4 is 15.8 Å². The summed E-state index contributed by atoms with van der Waals surface area (Å²) in [4.78, 5) is 0. The van der Waals surface area contributed by atoms with Crippen LogP contribution in [0.15, 0.2) is 0 Å². The van der Waals surface area contributed by atoms with Gasteiger partial charge < -0.3 is 0 Å². The van der Waals surface area contributed by atoms with E-state index in [0.29, 0.717) is 0 Å². The lowest BCUT2D eigenvalue weighted by Crippen LogP contribution is -2.57. The molecule has 0 radical (unpaired) electrons. The molecule has 0 N–H and O–H groups in total. The molecule has 0 saturated heterocycles. The van der Waals surface area contributed by atoms with Gasteiger partial charge in [-0.15, -0.1) is 0 Å². The second kappa shape index (κ2) is 9.80. The van der Waals surface area contributed by atoms with Crippen LogP contribution in [0, 0.1) is 71.0 Å². The number of rotatable bonds is 8. The van der Waals surface area contributed by atoms with Crippen molar-refractivity contribution in [1.29, 1.82) is 0 Å². The van der Waals surface area contributed by atoms with E-state index >= 15 is 0 Å². The molecule has 2 heteroatoms. The van der Waals surface area contributed by atoms with Gasteiger partial charge in [-0.2, -0.15) is 0 Å². The van der Waals surface area contributed by atoms with Crippen LogP contribution in [-0.4, -0.2) is 32.9 Å². The van der Waals surface area contributed by atoms with Crippen LogP contribution >= 0.6 is 15.8 Å². The monoisotopic (exact) mass is 644 g/mol. The predicted molar refractivity (Wildman–Crippen MR) is 192 cm³/mol. The Morgan fingerprint density at radius 3 is 0.578 bits per heavy atom. The fourth-order valence-corrected chi connectivity index (χ4v) is 30.8. The molecule has 16 aliphatic rings. The molecule has 0 aliphatic heterocycles. The van der Waals surface area contributed by atoms with Gasteiger partial charge in [0.1, 0.15) is 0 Å². The van der Waals surface area contributed by atoms with E-state index in [1.165, 1.54) is 0 Å². The first kappa shape index (κ1) is 28.5. The Kier molecular flexibility index (Phi) is 6.21. The molecule has 0 aromatic carbocycles. The second-order valence-electron chi connectivity index (χ2n) is 22.2. The van der Waals surface area contributed by atoms with Crippen molar-refractivity contribution in [3.63, 3.8) is 0 Å². The third-order valence-corrected chi connectivity index (χ3v) is 27.4. The molecule has 16 fully saturated rings. The zero-order chi connectivity index (χ0) is 29.2. The third kappa shape index (κ3) is 4.27. The van der Waals surface area contributed by atoms with Gasteiger partial charge >= 0.3 is 0 Å². The summed E-state index contributed by atoms with van der Waals surface area (Å²) in [7, 11) is 0.409. The summed E-state index contributed by atoms with van der Waals surface area (Å²) in [6, 6.07) is 0. The minimum atomic E-state index is 0.205. The van der Waals surface area contributed by atoms with Crippen LogP contribution in [0.1, 0.15) is 161 Å². The molecule has 0 heterocycles. The molecule has 0 spiro atoms. The van der Waals surface area contributed by atoms with Crippen molar-refractivity contribution in [3.8, 4) is 0 Å². The predicted octanol–water partition coefficient (Wildman–Crippen LogP) is 12.2. The zero-order valence-electron chi connectivity index (χ0n) is 28.9. The van der Waals surface area contributed by atoms with Gasteiger partial charge in [-0.25, -0.2) is 0 Å². The Balaban J connectivity index is 0.891. The van der Waals surface area contributed by atoms with Gasteiger partial charge in [-0.1, -0.05) is 15.8 Å². The molecular formula is C43H66P2. The van der Waals surface area contributed by atoms with Crippen LogP contribution in [0.25, 0.3) is 0 Å². The third-order valence-electron chi connectivity index (χ3n) is 19.1. The molecule has 0 amide bonds. The molecule has 0 atom stereocenters. The van der Waals surface area contributed by atoms with E-state index in [9.17, 15) is 0 Å². The summed E-state index contributed by atoms with van der Waals surface area (Å²) in [5.41, 5.74) is 0. The van der Waals surface area contributed by atoms with Gasteiger partial charge in [0, 0.05) is 0 Å².